The number of rotatable bonds is 1. The smallest absolute Gasteiger partial charge is 0.0140 e. The highest BCUT2D eigenvalue weighted by molar-refractivity contribution is 5.34. The van der Waals surface area contributed by atoms with Crippen molar-refractivity contribution in [2.45, 2.75) is 32.2 Å². The second-order valence-electron chi connectivity index (χ2n) is 5.45. The third kappa shape index (κ3) is 2.38. The average Bonchev–Trinajstić information content (AvgIpc) is 2.39. The van der Waals surface area contributed by atoms with Gasteiger partial charge in [-0.15, -0.1) is 0 Å². The van der Waals surface area contributed by atoms with Gasteiger partial charge in [0.15, 0.2) is 0 Å². The minimum absolute atomic E-state index is 0.784. The summed E-state index contributed by atoms with van der Waals surface area (Å²) in [5, 5.41) is 3.44. The molecular weight excluding hydrogens is 208 g/mol. The highest BCUT2D eigenvalue weighted by Gasteiger charge is 2.24. The van der Waals surface area contributed by atoms with E-state index in [9.17, 15) is 0 Å². The molecule has 1 aliphatic heterocycles. The third-order valence-electron chi connectivity index (χ3n) is 4.23. The number of nitrogens with zero attached hydrogens (tertiary/aromatic N) is 1. The van der Waals surface area contributed by atoms with Crippen molar-refractivity contribution in [1.82, 2.24) is 10.2 Å². The van der Waals surface area contributed by atoms with Gasteiger partial charge < -0.3 is 5.32 Å². The molecule has 0 aromatic heterocycles. The maximum Gasteiger partial charge on any atom is 0.0140 e. The summed E-state index contributed by atoms with van der Waals surface area (Å²) in [6, 6.07) is 7.76. The molecule has 1 fully saturated rings. The molecule has 1 saturated heterocycles. The van der Waals surface area contributed by atoms with Gasteiger partial charge in [-0.05, 0) is 37.3 Å². The Morgan fingerprint density at radius 3 is 2.82 bits per heavy atom. The first-order valence-corrected chi connectivity index (χ1v) is 6.86. The van der Waals surface area contributed by atoms with Crippen LogP contribution in [0.25, 0.3) is 0 Å². The van der Waals surface area contributed by atoms with Gasteiger partial charge in [0, 0.05) is 32.2 Å². The molecule has 17 heavy (non-hydrogen) atoms. The van der Waals surface area contributed by atoms with Crippen molar-refractivity contribution < 1.29 is 0 Å². The van der Waals surface area contributed by atoms with Gasteiger partial charge in [-0.3, -0.25) is 4.90 Å². The van der Waals surface area contributed by atoms with Crippen molar-refractivity contribution in [3.63, 3.8) is 0 Å². The van der Waals surface area contributed by atoms with E-state index >= 15 is 0 Å². The van der Waals surface area contributed by atoms with E-state index in [-0.39, 0.29) is 0 Å². The molecule has 2 aliphatic rings. The molecule has 92 valence electrons. The molecule has 1 atom stereocenters. The van der Waals surface area contributed by atoms with Crippen LogP contribution in [0, 0.1) is 6.92 Å². The van der Waals surface area contributed by atoms with Crippen LogP contribution in [0.2, 0.25) is 0 Å². The number of hydrogen-bond acceptors (Lipinski definition) is 2. The molecule has 2 heteroatoms. The van der Waals surface area contributed by atoms with E-state index in [0.717, 1.165) is 19.1 Å². The molecule has 0 saturated carbocycles. The van der Waals surface area contributed by atoms with E-state index < -0.39 is 0 Å². The molecule has 3 rings (SSSR count). The van der Waals surface area contributed by atoms with Crippen LogP contribution in [0.4, 0.5) is 0 Å². The van der Waals surface area contributed by atoms with Gasteiger partial charge in [0.25, 0.3) is 0 Å². The largest absolute Gasteiger partial charge is 0.314 e. The van der Waals surface area contributed by atoms with E-state index in [0.29, 0.717) is 0 Å². The lowest BCUT2D eigenvalue weighted by molar-refractivity contribution is 0.159. The molecule has 2 nitrogen and oxygen atoms in total. The van der Waals surface area contributed by atoms with Crippen LogP contribution < -0.4 is 5.32 Å². The Morgan fingerprint density at radius 1 is 1.18 bits per heavy atom. The minimum Gasteiger partial charge on any atom is -0.314 e. The summed E-state index contributed by atoms with van der Waals surface area (Å²) < 4.78 is 0. The Morgan fingerprint density at radius 2 is 2.00 bits per heavy atom. The fourth-order valence-corrected chi connectivity index (χ4v) is 3.23. The SMILES string of the molecule is Cc1ccc2c(c1)CC(N1CCNCC1)CC2. The summed E-state index contributed by atoms with van der Waals surface area (Å²) in [7, 11) is 0. The molecule has 0 bridgehead atoms. The molecule has 1 aromatic carbocycles. The first-order valence-electron chi connectivity index (χ1n) is 6.86. The topological polar surface area (TPSA) is 15.3 Å². The first-order chi connectivity index (χ1) is 8.33. The molecule has 1 aliphatic carbocycles. The van der Waals surface area contributed by atoms with E-state index in [2.05, 4.69) is 35.3 Å². The van der Waals surface area contributed by atoms with Crippen LogP contribution in [0.1, 0.15) is 23.1 Å². The number of aryl methyl sites for hydroxylation is 2. The lowest BCUT2D eigenvalue weighted by Gasteiger charge is -2.37. The van der Waals surface area contributed by atoms with Crippen LogP contribution in [-0.2, 0) is 12.8 Å². The van der Waals surface area contributed by atoms with Gasteiger partial charge in [0.2, 0.25) is 0 Å². The minimum atomic E-state index is 0.784. The van der Waals surface area contributed by atoms with Crippen molar-refractivity contribution in [1.29, 1.82) is 0 Å². The maximum absolute atomic E-state index is 3.44. The van der Waals surface area contributed by atoms with Gasteiger partial charge >= 0.3 is 0 Å². The van der Waals surface area contributed by atoms with E-state index in [1.165, 1.54) is 37.9 Å². The van der Waals surface area contributed by atoms with Gasteiger partial charge in [-0.25, -0.2) is 0 Å². The molecule has 1 unspecified atom stereocenters. The maximum atomic E-state index is 3.44. The molecule has 0 radical (unpaired) electrons. The Kier molecular flexibility index (Phi) is 3.17. The first kappa shape index (κ1) is 11.2. The third-order valence-corrected chi connectivity index (χ3v) is 4.23. The lowest BCUT2D eigenvalue weighted by Crippen LogP contribution is -2.50. The Labute approximate surface area is 104 Å². The summed E-state index contributed by atoms with van der Waals surface area (Å²) in [4.78, 5) is 2.68. The monoisotopic (exact) mass is 230 g/mol. The van der Waals surface area contributed by atoms with Gasteiger partial charge in [-0.1, -0.05) is 23.8 Å². The molecule has 1 heterocycles. The van der Waals surface area contributed by atoms with Crippen LogP contribution >= 0.6 is 0 Å². The summed E-state index contributed by atoms with van der Waals surface area (Å²) >= 11 is 0. The van der Waals surface area contributed by atoms with E-state index in [1.807, 2.05) is 0 Å². The Bertz CT molecular complexity index is 394. The molecule has 0 amide bonds. The number of hydrogen-bond donors (Lipinski definition) is 1. The Hall–Kier alpha value is -0.860. The predicted octanol–water partition coefficient (Wildman–Crippen LogP) is 1.76. The number of benzene rings is 1. The number of fused-ring (bicyclic) bond motifs is 1. The van der Waals surface area contributed by atoms with Gasteiger partial charge in [0.05, 0.1) is 0 Å². The summed E-state index contributed by atoms with van der Waals surface area (Å²) in [6.45, 7) is 6.99. The summed E-state index contributed by atoms with van der Waals surface area (Å²) in [5.74, 6) is 0. The zero-order valence-electron chi connectivity index (χ0n) is 10.7. The van der Waals surface area contributed by atoms with Crippen molar-refractivity contribution in [3.05, 3.63) is 34.9 Å². The lowest BCUT2D eigenvalue weighted by atomic mass is 9.86. The Balaban J connectivity index is 1.75. The molecule has 1 aromatic rings. The highest BCUT2D eigenvalue weighted by Crippen LogP contribution is 2.25. The standard InChI is InChI=1S/C15H22N2/c1-12-2-3-13-4-5-15(11-14(13)10-12)17-8-6-16-7-9-17/h2-3,10,15-16H,4-9,11H2,1H3. The van der Waals surface area contributed by atoms with Gasteiger partial charge in [0.1, 0.15) is 0 Å². The zero-order chi connectivity index (χ0) is 11.7. The van der Waals surface area contributed by atoms with Crippen LogP contribution in [0.5, 0.6) is 0 Å². The normalized spacial score (nSPS) is 25.6. The van der Waals surface area contributed by atoms with E-state index in [4.69, 9.17) is 0 Å². The summed E-state index contributed by atoms with van der Waals surface area (Å²) in [5.41, 5.74) is 4.59. The fourth-order valence-electron chi connectivity index (χ4n) is 3.23. The predicted molar refractivity (Wildman–Crippen MR) is 71.4 cm³/mol. The van der Waals surface area contributed by atoms with Crippen LogP contribution in [0.3, 0.4) is 0 Å². The van der Waals surface area contributed by atoms with Gasteiger partial charge in [-0.2, -0.15) is 0 Å². The number of nitrogens with one attached hydrogen (secondary N) is 1. The van der Waals surface area contributed by atoms with Crippen molar-refractivity contribution in [2.75, 3.05) is 26.2 Å². The molecule has 0 spiro atoms. The second-order valence-corrected chi connectivity index (χ2v) is 5.45. The summed E-state index contributed by atoms with van der Waals surface area (Å²) in [6.07, 6.45) is 3.87. The van der Waals surface area contributed by atoms with E-state index in [1.54, 1.807) is 11.1 Å². The quantitative estimate of drug-likeness (QED) is 0.791. The fraction of sp³-hybridized carbons (Fsp3) is 0.600. The highest BCUT2D eigenvalue weighted by atomic mass is 15.2. The van der Waals surface area contributed by atoms with Crippen LogP contribution in [-0.4, -0.2) is 37.1 Å². The van der Waals surface area contributed by atoms with Crippen LogP contribution in [0.15, 0.2) is 18.2 Å². The zero-order valence-corrected chi connectivity index (χ0v) is 10.7. The molecular formula is C15H22N2. The number of piperazine rings is 1. The molecule has 1 N–H and O–H groups in total. The van der Waals surface area contributed by atoms with Crippen molar-refractivity contribution in [3.8, 4) is 0 Å². The van der Waals surface area contributed by atoms with Crippen molar-refractivity contribution >= 4 is 0 Å². The second kappa shape index (κ2) is 4.79. The average molecular weight is 230 g/mol. The van der Waals surface area contributed by atoms with Crippen molar-refractivity contribution in [2.24, 2.45) is 0 Å².